The van der Waals surface area contributed by atoms with Crippen molar-refractivity contribution in [2.75, 3.05) is 14.1 Å². The Hall–Kier alpha value is -3.28. The van der Waals surface area contributed by atoms with Crippen molar-refractivity contribution < 1.29 is 39.2 Å². The summed E-state index contributed by atoms with van der Waals surface area (Å²) in [7, 11) is 3.11. The molecule has 39 heavy (non-hydrogen) atoms. The number of ketones is 2. The van der Waals surface area contributed by atoms with E-state index in [9.17, 15) is 34.8 Å². The average molecular weight is 544 g/mol. The standard InChI is InChI=1S/C28H34FN3O7/c1-11-5-6-12(2)32(11)10-14-9-17(33)19-15(21(14)29)7-13-8-16-22(31(3)4)24(35)20(27(30)38)26(37)28(16,39)25(36)18(13)23(19)34/h9,11-13,16,22,33,35-36,39H,5-8,10H2,1-4H3,(H2,30,38)/t11?,12?,13-,16-,22-,28-/m0/s1. The minimum absolute atomic E-state index is 0.0163. The molecule has 0 aromatic heterocycles. The van der Waals surface area contributed by atoms with Crippen LogP contribution in [-0.2, 0) is 22.6 Å². The van der Waals surface area contributed by atoms with Crippen LogP contribution in [0.1, 0.15) is 54.6 Å². The van der Waals surface area contributed by atoms with Crippen LogP contribution >= 0.6 is 0 Å². The lowest BCUT2D eigenvalue weighted by molar-refractivity contribution is -0.148. The molecule has 10 nitrogen and oxygen atoms in total. The first-order valence-corrected chi connectivity index (χ1v) is 13.1. The maximum Gasteiger partial charge on any atom is 0.255 e. The molecule has 0 spiro atoms. The number of likely N-dealkylation sites (N-methyl/N-ethyl adjacent to an activating group) is 1. The summed E-state index contributed by atoms with van der Waals surface area (Å²) in [6.07, 6.45) is 1.79. The fraction of sp³-hybridized carbons (Fsp3) is 0.536. The topological polar surface area (TPSA) is 165 Å². The molecule has 0 radical (unpaired) electrons. The number of primary amides is 1. The number of hydrogen-bond donors (Lipinski definition) is 5. The number of phenolic OH excluding ortho intramolecular Hbond substituents is 1. The molecule has 1 fully saturated rings. The van der Waals surface area contributed by atoms with Gasteiger partial charge in [0.15, 0.2) is 11.4 Å². The Morgan fingerprint density at radius 1 is 1.18 bits per heavy atom. The Morgan fingerprint density at radius 2 is 1.79 bits per heavy atom. The van der Waals surface area contributed by atoms with Gasteiger partial charge in [0.25, 0.3) is 5.91 Å². The van der Waals surface area contributed by atoms with Gasteiger partial charge in [0.05, 0.1) is 11.6 Å². The molecule has 1 heterocycles. The number of nitrogens with zero attached hydrogens (tertiary/aromatic N) is 2. The SMILES string of the molecule is CC1CCC(C)N1Cc1cc(O)c2c(c1F)C[C@H]1C[C@H]3[C@H](N(C)C)C(O)=C(C(N)=O)C(=O)[C@@]3(O)C(O)=C1C2=O. The lowest BCUT2D eigenvalue weighted by Gasteiger charge is -2.50. The molecule has 4 aliphatic rings. The van der Waals surface area contributed by atoms with Crippen molar-refractivity contribution in [2.45, 2.75) is 69.8 Å². The largest absolute Gasteiger partial charge is 0.510 e. The molecule has 1 aromatic rings. The van der Waals surface area contributed by atoms with Crippen LogP contribution in [0.5, 0.6) is 5.75 Å². The number of benzene rings is 1. The molecule has 3 aliphatic carbocycles. The number of carbonyl (C=O) groups is 3. The van der Waals surface area contributed by atoms with E-state index in [4.69, 9.17) is 5.73 Å². The number of carbonyl (C=O) groups excluding carboxylic acids is 3. The normalized spacial score (nSPS) is 32.9. The Bertz CT molecular complexity index is 1360. The quantitative estimate of drug-likeness (QED) is 0.355. The molecule has 11 heteroatoms. The van der Waals surface area contributed by atoms with E-state index in [1.165, 1.54) is 11.0 Å². The molecule has 1 saturated heterocycles. The summed E-state index contributed by atoms with van der Waals surface area (Å²) in [5.41, 5.74) is 1.39. The van der Waals surface area contributed by atoms with Gasteiger partial charge in [-0.3, -0.25) is 24.2 Å². The lowest BCUT2D eigenvalue weighted by atomic mass is 9.58. The first-order chi connectivity index (χ1) is 18.2. The molecule has 6 atom stereocenters. The van der Waals surface area contributed by atoms with Crippen molar-refractivity contribution in [1.29, 1.82) is 0 Å². The summed E-state index contributed by atoms with van der Waals surface area (Å²) in [5, 5.41) is 44.6. The highest BCUT2D eigenvalue weighted by atomic mass is 19.1. The van der Waals surface area contributed by atoms with Crippen molar-refractivity contribution in [1.82, 2.24) is 9.80 Å². The zero-order valence-electron chi connectivity index (χ0n) is 22.4. The molecule has 2 unspecified atom stereocenters. The molecular formula is C28H34FN3O7. The van der Waals surface area contributed by atoms with E-state index in [1.807, 2.05) is 0 Å². The van der Waals surface area contributed by atoms with Gasteiger partial charge in [-0.25, -0.2) is 4.39 Å². The number of likely N-dealkylation sites (tertiary alicyclic amines) is 1. The zero-order chi connectivity index (χ0) is 28.7. The van der Waals surface area contributed by atoms with E-state index in [0.29, 0.717) is 0 Å². The van der Waals surface area contributed by atoms with Crippen LogP contribution in [0.3, 0.4) is 0 Å². The fourth-order valence-electron chi connectivity index (χ4n) is 7.23. The predicted octanol–water partition coefficient (Wildman–Crippen LogP) is 1.63. The summed E-state index contributed by atoms with van der Waals surface area (Å²) >= 11 is 0. The monoisotopic (exact) mass is 543 g/mol. The van der Waals surface area contributed by atoms with Crippen molar-refractivity contribution in [3.63, 3.8) is 0 Å². The van der Waals surface area contributed by atoms with Crippen molar-refractivity contribution in [2.24, 2.45) is 17.6 Å². The van der Waals surface area contributed by atoms with Crippen LogP contribution in [0.15, 0.2) is 28.7 Å². The Morgan fingerprint density at radius 3 is 2.36 bits per heavy atom. The van der Waals surface area contributed by atoms with Gasteiger partial charge in [0.2, 0.25) is 5.78 Å². The Labute approximate surface area is 225 Å². The highest BCUT2D eigenvalue weighted by Crippen LogP contribution is 2.52. The second kappa shape index (κ2) is 9.14. The third-order valence-corrected chi connectivity index (χ3v) is 9.22. The smallest absolute Gasteiger partial charge is 0.255 e. The summed E-state index contributed by atoms with van der Waals surface area (Å²) in [5.74, 6) is -8.14. The summed E-state index contributed by atoms with van der Waals surface area (Å²) in [6.45, 7) is 4.38. The van der Waals surface area contributed by atoms with Gasteiger partial charge >= 0.3 is 0 Å². The van der Waals surface area contributed by atoms with Gasteiger partial charge in [-0.05, 0) is 65.6 Å². The van der Waals surface area contributed by atoms with E-state index in [1.54, 1.807) is 14.1 Å². The van der Waals surface area contributed by atoms with E-state index in [-0.39, 0.29) is 53.7 Å². The molecule has 210 valence electrons. The molecule has 5 rings (SSSR count). The van der Waals surface area contributed by atoms with Crippen molar-refractivity contribution in [3.05, 3.63) is 51.2 Å². The van der Waals surface area contributed by atoms with Crippen LogP contribution in [-0.4, -0.2) is 85.5 Å². The molecule has 0 saturated carbocycles. The third kappa shape index (κ3) is 3.74. The van der Waals surface area contributed by atoms with Crippen LogP contribution < -0.4 is 5.73 Å². The molecular weight excluding hydrogens is 509 g/mol. The number of halogens is 1. The van der Waals surface area contributed by atoms with Crippen molar-refractivity contribution in [3.8, 4) is 5.75 Å². The van der Waals surface area contributed by atoms with E-state index in [0.717, 1.165) is 12.8 Å². The number of phenols is 1. The number of allylic oxidation sites excluding steroid dienone is 1. The highest BCUT2D eigenvalue weighted by molar-refractivity contribution is 6.24. The average Bonchev–Trinajstić information content (AvgIpc) is 3.16. The lowest BCUT2D eigenvalue weighted by Crippen LogP contribution is -2.63. The number of aromatic hydroxyl groups is 1. The van der Waals surface area contributed by atoms with Crippen LogP contribution in [0, 0.1) is 17.7 Å². The number of aliphatic hydroxyl groups excluding tert-OH is 2. The van der Waals surface area contributed by atoms with Crippen LogP contribution in [0.4, 0.5) is 4.39 Å². The molecule has 1 aromatic carbocycles. The summed E-state index contributed by atoms with van der Waals surface area (Å²) in [4.78, 5) is 42.7. The first kappa shape index (κ1) is 27.3. The predicted molar refractivity (Wildman–Crippen MR) is 137 cm³/mol. The van der Waals surface area contributed by atoms with Crippen LogP contribution in [0.2, 0.25) is 0 Å². The Kier molecular flexibility index (Phi) is 6.40. The maximum absolute atomic E-state index is 16.0. The number of Topliss-reactive ketones (excluding diaryl/α,β-unsaturated/α-hetero) is 2. The highest BCUT2D eigenvalue weighted by Gasteiger charge is 2.63. The Balaban J connectivity index is 1.63. The summed E-state index contributed by atoms with van der Waals surface area (Å²) < 4.78 is 16.0. The molecule has 6 N–H and O–H groups in total. The second-order valence-corrected chi connectivity index (χ2v) is 11.6. The first-order valence-electron chi connectivity index (χ1n) is 13.1. The number of amides is 1. The van der Waals surface area contributed by atoms with Gasteiger partial charge < -0.3 is 26.2 Å². The number of fused-ring (bicyclic) bond motifs is 3. The van der Waals surface area contributed by atoms with Gasteiger partial charge in [0.1, 0.15) is 28.7 Å². The van der Waals surface area contributed by atoms with E-state index < -0.39 is 69.6 Å². The number of hydrogen-bond acceptors (Lipinski definition) is 9. The zero-order valence-corrected chi connectivity index (χ0v) is 22.4. The third-order valence-electron chi connectivity index (χ3n) is 9.22. The number of rotatable bonds is 4. The minimum atomic E-state index is -2.72. The van der Waals surface area contributed by atoms with Crippen LogP contribution in [0.25, 0.3) is 0 Å². The minimum Gasteiger partial charge on any atom is -0.510 e. The van der Waals surface area contributed by atoms with Gasteiger partial charge in [-0.15, -0.1) is 0 Å². The van der Waals surface area contributed by atoms with Crippen molar-refractivity contribution >= 4 is 17.5 Å². The van der Waals surface area contributed by atoms with E-state index >= 15 is 4.39 Å². The van der Waals surface area contributed by atoms with Gasteiger partial charge in [-0.1, -0.05) is 0 Å². The number of nitrogens with two attached hydrogens (primary N) is 1. The van der Waals surface area contributed by atoms with Gasteiger partial charge in [0, 0.05) is 41.2 Å². The molecule has 1 aliphatic heterocycles. The fourth-order valence-corrected chi connectivity index (χ4v) is 7.23. The maximum atomic E-state index is 16.0. The second-order valence-electron chi connectivity index (χ2n) is 11.6. The van der Waals surface area contributed by atoms with Gasteiger partial charge in [-0.2, -0.15) is 0 Å². The molecule has 0 bridgehead atoms. The summed E-state index contributed by atoms with van der Waals surface area (Å²) in [6, 6.07) is 0.597. The van der Waals surface area contributed by atoms with E-state index in [2.05, 4.69) is 18.7 Å². The number of aliphatic hydroxyl groups is 3. The molecule has 1 amide bonds.